The van der Waals surface area contributed by atoms with Crippen molar-refractivity contribution in [1.29, 1.82) is 0 Å². The fourth-order valence-electron chi connectivity index (χ4n) is 3.26. The Morgan fingerprint density at radius 2 is 2.12 bits per heavy atom. The summed E-state index contributed by atoms with van der Waals surface area (Å²) in [5.74, 6) is 0. The third-order valence-corrected chi connectivity index (χ3v) is 4.35. The van der Waals surface area contributed by atoms with Gasteiger partial charge < -0.3 is 10.6 Å². The number of rotatable bonds is 2. The third kappa shape index (κ3) is 1.69. The van der Waals surface area contributed by atoms with Crippen molar-refractivity contribution in [3.8, 4) is 0 Å². The molecule has 0 spiro atoms. The van der Waals surface area contributed by atoms with Crippen molar-refractivity contribution in [1.82, 2.24) is 4.90 Å². The van der Waals surface area contributed by atoms with E-state index in [4.69, 9.17) is 5.73 Å². The van der Waals surface area contributed by atoms with E-state index in [9.17, 15) is 0 Å². The van der Waals surface area contributed by atoms with E-state index in [1.165, 1.54) is 30.8 Å². The first-order chi connectivity index (χ1) is 8.19. The van der Waals surface area contributed by atoms with Crippen LogP contribution in [0.25, 0.3) is 0 Å². The van der Waals surface area contributed by atoms with Gasteiger partial charge in [0.25, 0.3) is 0 Å². The summed E-state index contributed by atoms with van der Waals surface area (Å²) in [6.07, 6.45) is 2.34. The van der Waals surface area contributed by atoms with E-state index in [0.29, 0.717) is 6.04 Å². The Morgan fingerprint density at radius 3 is 2.71 bits per heavy atom. The highest BCUT2D eigenvalue weighted by Crippen LogP contribution is 2.34. The molecule has 0 aliphatic carbocycles. The molecule has 3 heteroatoms. The fraction of sp³-hybridized carbons (Fsp3) is 0.571. The second-order valence-corrected chi connectivity index (χ2v) is 5.37. The van der Waals surface area contributed by atoms with E-state index in [1.807, 2.05) is 0 Å². The molecule has 0 aromatic heterocycles. The van der Waals surface area contributed by atoms with Crippen molar-refractivity contribution < 1.29 is 0 Å². The van der Waals surface area contributed by atoms with E-state index >= 15 is 0 Å². The number of anilines is 2. The molecule has 0 radical (unpaired) electrons. The Bertz CT molecular complexity index is 427. The molecular formula is C14H21N3. The van der Waals surface area contributed by atoms with Crippen LogP contribution in [0.1, 0.15) is 18.9 Å². The molecule has 2 fully saturated rings. The predicted octanol–water partition coefficient (Wildman–Crippen LogP) is 1.72. The molecule has 0 unspecified atom stereocenters. The summed E-state index contributed by atoms with van der Waals surface area (Å²) in [7, 11) is 2.24. The minimum atomic E-state index is 0.707. The van der Waals surface area contributed by atoms with Crippen molar-refractivity contribution in [2.24, 2.45) is 0 Å². The topological polar surface area (TPSA) is 32.5 Å². The molecule has 0 amide bonds. The van der Waals surface area contributed by atoms with E-state index in [0.717, 1.165) is 18.2 Å². The van der Waals surface area contributed by atoms with Gasteiger partial charge in [0.1, 0.15) is 0 Å². The van der Waals surface area contributed by atoms with Crippen LogP contribution in [-0.4, -0.2) is 37.1 Å². The van der Waals surface area contributed by atoms with Crippen LogP contribution >= 0.6 is 0 Å². The second kappa shape index (κ2) is 3.91. The van der Waals surface area contributed by atoms with Crippen LogP contribution in [0.2, 0.25) is 0 Å². The molecule has 3 rings (SSSR count). The lowest BCUT2D eigenvalue weighted by Gasteiger charge is -2.34. The Morgan fingerprint density at radius 1 is 1.29 bits per heavy atom. The van der Waals surface area contributed by atoms with E-state index < -0.39 is 0 Å². The Kier molecular flexibility index (Phi) is 2.51. The lowest BCUT2D eigenvalue weighted by molar-refractivity contribution is 0.292. The van der Waals surface area contributed by atoms with E-state index in [1.54, 1.807) is 0 Å². The van der Waals surface area contributed by atoms with Crippen molar-refractivity contribution in [2.45, 2.75) is 31.8 Å². The minimum Gasteiger partial charge on any atom is -0.399 e. The van der Waals surface area contributed by atoms with Crippen LogP contribution in [0, 0.1) is 0 Å². The summed E-state index contributed by atoms with van der Waals surface area (Å²) in [6, 6.07) is 7.97. The quantitative estimate of drug-likeness (QED) is 0.787. The number of likely N-dealkylation sites (N-methyl/N-ethyl adjacent to an activating group) is 1. The highest BCUT2D eigenvalue weighted by Gasteiger charge is 2.41. The summed E-state index contributed by atoms with van der Waals surface area (Å²) in [5, 5.41) is 0. The minimum absolute atomic E-state index is 0.707. The number of nitrogen functional groups attached to an aromatic ring is 1. The molecule has 17 heavy (non-hydrogen) atoms. The first-order valence-corrected chi connectivity index (χ1v) is 6.54. The SMILES string of the molecule is CCc1cc(N2C[C@@H]3C[C@H]2CN3C)ccc1N. The summed E-state index contributed by atoms with van der Waals surface area (Å²) < 4.78 is 0. The largest absolute Gasteiger partial charge is 0.399 e. The van der Waals surface area contributed by atoms with Crippen molar-refractivity contribution in [2.75, 3.05) is 30.8 Å². The van der Waals surface area contributed by atoms with Gasteiger partial charge in [-0.25, -0.2) is 0 Å². The molecule has 1 aromatic rings. The molecular weight excluding hydrogens is 210 g/mol. The number of fused-ring (bicyclic) bond motifs is 2. The van der Waals surface area contributed by atoms with Crippen LogP contribution in [0.15, 0.2) is 18.2 Å². The average molecular weight is 231 g/mol. The van der Waals surface area contributed by atoms with Crippen LogP contribution in [-0.2, 0) is 6.42 Å². The third-order valence-electron chi connectivity index (χ3n) is 4.35. The summed E-state index contributed by atoms with van der Waals surface area (Å²) in [5.41, 5.74) is 9.53. The molecule has 1 aromatic carbocycles. The number of aryl methyl sites for hydroxylation is 1. The number of likely N-dealkylation sites (tertiary alicyclic amines) is 1. The van der Waals surface area contributed by atoms with Crippen molar-refractivity contribution >= 4 is 11.4 Å². The monoisotopic (exact) mass is 231 g/mol. The van der Waals surface area contributed by atoms with Crippen LogP contribution in [0.5, 0.6) is 0 Å². The normalized spacial score (nSPS) is 28.0. The number of piperazine rings is 1. The van der Waals surface area contributed by atoms with Gasteiger partial charge in [-0.3, -0.25) is 4.90 Å². The van der Waals surface area contributed by atoms with Crippen molar-refractivity contribution in [3.63, 3.8) is 0 Å². The molecule has 92 valence electrons. The summed E-state index contributed by atoms with van der Waals surface area (Å²) >= 11 is 0. The summed E-state index contributed by atoms with van der Waals surface area (Å²) in [4.78, 5) is 5.04. The molecule has 2 aliphatic rings. The van der Waals surface area contributed by atoms with Gasteiger partial charge in [0, 0.05) is 36.5 Å². The number of hydrogen-bond acceptors (Lipinski definition) is 3. The van der Waals surface area contributed by atoms with Crippen LogP contribution in [0.3, 0.4) is 0 Å². The van der Waals surface area contributed by atoms with Crippen LogP contribution in [0.4, 0.5) is 11.4 Å². The highest BCUT2D eigenvalue weighted by molar-refractivity contribution is 5.60. The zero-order chi connectivity index (χ0) is 12.0. The second-order valence-electron chi connectivity index (χ2n) is 5.37. The van der Waals surface area contributed by atoms with E-state index in [-0.39, 0.29) is 0 Å². The first kappa shape index (κ1) is 10.9. The maximum Gasteiger partial charge on any atom is 0.0433 e. The maximum absolute atomic E-state index is 5.97. The molecule has 2 aliphatic heterocycles. The fourth-order valence-corrected chi connectivity index (χ4v) is 3.26. The van der Waals surface area contributed by atoms with Gasteiger partial charge in [-0.15, -0.1) is 0 Å². The summed E-state index contributed by atoms with van der Waals surface area (Å²) in [6.45, 7) is 4.55. The van der Waals surface area contributed by atoms with E-state index in [2.05, 4.69) is 42.0 Å². The number of benzene rings is 1. The Labute approximate surface area is 103 Å². The molecule has 2 saturated heterocycles. The number of nitrogens with zero attached hydrogens (tertiary/aromatic N) is 2. The standard InChI is InChI=1S/C14H21N3/c1-3-10-6-11(4-5-14(10)15)17-9-12-7-13(17)8-16(12)2/h4-6,12-13H,3,7-9,15H2,1-2H3/t12-,13-/m0/s1. The molecule has 3 nitrogen and oxygen atoms in total. The molecule has 2 N–H and O–H groups in total. The predicted molar refractivity (Wildman–Crippen MR) is 72.4 cm³/mol. The van der Waals surface area contributed by atoms with Crippen LogP contribution < -0.4 is 10.6 Å². The zero-order valence-corrected chi connectivity index (χ0v) is 10.7. The van der Waals surface area contributed by atoms with Gasteiger partial charge in [-0.1, -0.05) is 6.92 Å². The van der Waals surface area contributed by atoms with Gasteiger partial charge in [0.05, 0.1) is 0 Å². The highest BCUT2D eigenvalue weighted by atomic mass is 15.3. The molecule has 2 atom stereocenters. The van der Waals surface area contributed by atoms with Gasteiger partial charge in [-0.05, 0) is 43.7 Å². The smallest absolute Gasteiger partial charge is 0.0433 e. The molecule has 0 saturated carbocycles. The molecule has 2 heterocycles. The lowest BCUT2D eigenvalue weighted by atomic mass is 10.1. The van der Waals surface area contributed by atoms with Gasteiger partial charge in [0.15, 0.2) is 0 Å². The maximum atomic E-state index is 5.97. The number of nitrogens with two attached hydrogens (primary N) is 1. The Balaban J connectivity index is 1.86. The zero-order valence-electron chi connectivity index (χ0n) is 10.7. The lowest BCUT2D eigenvalue weighted by Crippen LogP contribution is -2.44. The number of hydrogen-bond donors (Lipinski definition) is 1. The average Bonchev–Trinajstić information content (AvgIpc) is 2.88. The van der Waals surface area contributed by atoms with Crippen molar-refractivity contribution in [3.05, 3.63) is 23.8 Å². The first-order valence-electron chi connectivity index (χ1n) is 6.54. The molecule has 2 bridgehead atoms. The van der Waals surface area contributed by atoms with Gasteiger partial charge in [-0.2, -0.15) is 0 Å². The Hall–Kier alpha value is -1.22. The van der Waals surface area contributed by atoms with Gasteiger partial charge >= 0.3 is 0 Å². The van der Waals surface area contributed by atoms with Gasteiger partial charge in [0.2, 0.25) is 0 Å².